The highest BCUT2D eigenvalue weighted by Crippen LogP contribution is 2.56. The second kappa shape index (κ2) is 9.03. The average molecular weight is 298 g/mol. The summed E-state index contributed by atoms with van der Waals surface area (Å²) in [5, 5.41) is 0. The van der Waals surface area contributed by atoms with E-state index in [4.69, 9.17) is 4.74 Å². The quantitative estimate of drug-likeness (QED) is 0.439. The Hall–Kier alpha value is -0.100. The van der Waals surface area contributed by atoms with Crippen LogP contribution in [0.15, 0.2) is 0 Å². The fourth-order valence-electron chi connectivity index (χ4n) is 3.69. The molecule has 20 heavy (non-hydrogen) atoms. The van der Waals surface area contributed by atoms with Gasteiger partial charge in [0.05, 0.1) is 6.61 Å². The molecular weight excluding hydrogens is 267 g/mol. The molecule has 0 aromatic heterocycles. The molecule has 3 heteroatoms. The number of unbranched alkanes of at least 4 members (excludes halogenated alkanes) is 1. The van der Waals surface area contributed by atoms with Gasteiger partial charge in [-0.2, -0.15) is 0 Å². The van der Waals surface area contributed by atoms with Gasteiger partial charge in [0.25, 0.3) is 0 Å². The van der Waals surface area contributed by atoms with Gasteiger partial charge in [-0.1, -0.05) is 51.9 Å². The van der Waals surface area contributed by atoms with Crippen LogP contribution in [-0.4, -0.2) is 23.6 Å². The molecule has 2 saturated carbocycles. The van der Waals surface area contributed by atoms with E-state index in [1.165, 1.54) is 64.2 Å². The largest absolute Gasteiger partial charge is 0.463 e. The first kappa shape index (κ1) is 16.3. The standard InChI is InChI=1S/C17H31O2P/c1-2-3-14-19-17(18)20(15-10-6-4-7-11-15)16-12-8-5-9-13-16/h15-16H,2-14H2,1H3. The Morgan fingerprint density at radius 2 is 1.45 bits per heavy atom. The van der Waals surface area contributed by atoms with Gasteiger partial charge in [-0.25, -0.2) is 4.79 Å². The summed E-state index contributed by atoms with van der Waals surface area (Å²) < 4.78 is 5.64. The van der Waals surface area contributed by atoms with Crippen LogP contribution in [0, 0.1) is 0 Å². The average Bonchev–Trinajstić information content (AvgIpc) is 2.50. The summed E-state index contributed by atoms with van der Waals surface area (Å²) in [5.41, 5.74) is 1.55. The van der Waals surface area contributed by atoms with Gasteiger partial charge in [-0.05, 0) is 43.4 Å². The summed E-state index contributed by atoms with van der Waals surface area (Å²) in [6.45, 7) is 2.80. The van der Waals surface area contributed by atoms with Gasteiger partial charge in [0.2, 0.25) is 0 Å². The van der Waals surface area contributed by atoms with Crippen molar-refractivity contribution in [3.63, 3.8) is 0 Å². The molecule has 0 atom stereocenters. The number of rotatable bonds is 6. The van der Waals surface area contributed by atoms with E-state index in [1.54, 1.807) is 0 Å². The molecule has 0 saturated heterocycles. The molecule has 2 aliphatic rings. The summed E-state index contributed by atoms with van der Waals surface area (Å²) in [5.74, 6) is 0. The lowest BCUT2D eigenvalue weighted by Crippen LogP contribution is -2.25. The minimum absolute atomic E-state index is 0.201. The van der Waals surface area contributed by atoms with Crippen LogP contribution in [0.2, 0.25) is 0 Å². The molecule has 2 nitrogen and oxygen atoms in total. The molecule has 0 aromatic carbocycles. The van der Waals surface area contributed by atoms with Gasteiger partial charge < -0.3 is 4.74 Å². The molecule has 2 fully saturated rings. The lowest BCUT2D eigenvalue weighted by Gasteiger charge is -2.36. The molecule has 0 heterocycles. The molecule has 0 aromatic rings. The second-order valence-electron chi connectivity index (χ2n) is 6.46. The Morgan fingerprint density at radius 3 is 1.90 bits per heavy atom. The Labute approximate surface area is 125 Å². The fraction of sp³-hybridized carbons (Fsp3) is 0.941. The molecule has 0 spiro atoms. The highest BCUT2D eigenvalue weighted by atomic mass is 31.1. The summed E-state index contributed by atoms with van der Waals surface area (Å²) in [4.78, 5) is 12.6. The third-order valence-electron chi connectivity index (χ3n) is 4.87. The SMILES string of the molecule is CCCCOC(=O)P(C1CCCCC1)C1CCCCC1. The van der Waals surface area contributed by atoms with Crippen LogP contribution >= 0.6 is 7.92 Å². The number of ether oxygens (including phenoxy) is 1. The lowest BCUT2D eigenvalue weighted by atomic mass is 9.99. The van der Waals surface area contributed by atoms with E-state index >= 15 is 0 Å². The molecule has 0 N–H and O–H groups in total. The zero-order valence-electron chi connectivity index (χ0n) is 13.1. The van der Waals surface area contributed by atoms with Crippen molar-refractivity contribution in [2.45, 2.75) is 95.3 Å². The summed E-state index contributed by atoms with van der Waals surface area (Å²) in [6, 6.07) is 0. The molecule has 2 rings (SSSR count). The third kappa shape index (κ3) is 4.72. The van der Waals surface area contributed by atoms with Crippen molar-refractivity contribution in [3.8, 4) is 0 Å². The van der Waals surface area contributed by atoms with Gasteiger partial charge >= 0.3 is 5.71 Å². The summed E-state index contributed by atoms with van der Waals surface area (Å²) in [6.07, 6.45) is 15.3. The topological polar surface area (TPSA) is 26.3 Å². The summed E-state index contributed by atoms with van der Waals surface area (Å²) in [7, 11) is -0.536. The predicted octanol–water partition coefficient (Wildman–Crippen LogP) is 6.07. The molecule has 0 aliphatic heterocycles. The van der Waals surface area contributed by atoms with Crippen molar-refractivity contribution >= 4 is 13.6 Å². The number of hydrogen-bond acceptors (Lipinski definition) is 2. The van der Waals surface area contributed by atoms with Crippen LogP contribution in [0.3, 0.4) is 0 Å². The van der Waals surface area contributed by atoms with Crippen LogP contribution in [-0.2, 0) is 4.74 Å². The first-order valence-corrected chi connectivity index (χ1v) is 10.3. The van der Waals surface area contributed by atoms with Gasteiger partial charge in [-0.3, -0.25) is 0 Å². The smallest absolute Gasteiger partial charge is 0.326 e. The van der Waals surface area contributed by atoms with Crippen LogP contribution in [0.1, 0.15) is 84.0 Å². The molecular formula is C17H31O2P. The van der Waals surface area contributed by atoms with Crippen LogP contribution in [0.25, 0.3) is 0 Å². The summed E-state index contributed by atoms with van der Waals surface area (Å²) >= 11 is 0. The van der Waals surface area contributed by atoms with E-state index in [9.17, 15) is 4.79 Å². The molecule has 116 valence electrons. The zero-order chi connectivity index (χ0) is 14.2. The molecule has 0 unspecified atom stereocenters. The zero-order valence-corrected chi connectivity index (χ0v) is 14.0. The Balaban J connectivity index is 1.95. The molecule has 2 aliphatic carbocycles. The van der Waals surface area contributed by atoms with E-state index < -0.39 is 7.92 Å². The van der Waals surface area contributed by atoms with E-state index in [-0.39, 0.29) is 5.71 Å². The number of hydrogen-bond donors (Lipinski definition) is 0. The van der Waals surface area contributed by atoms with Gasteiger partial charge in [-0.15, -0.1) is 0 Å². The maximum Gasteiger partial charge on any atom is 0.326 e. The van der Waals surface area contributed by atoms with Crippen molar-refractivity contribution in [2.24, 2.45) is 0 Å². The Morgan fingerprint density at radius 1 is 0.950 bits per heavy atom. The highest BCUT2D eigenvalue weighted by Gasteiger charge is 2.37. The predicted molar refractivity (Wildman–Crippen MR) is 86.9 cm³/mol. The van der Waals surface area contributed by atoms with E-state index in [0.29, 0.717) is 17.9 Å². The molecule has 0 radical (unpaired) electrons. The second-order valence-corrected chi connectivity index (χ2v) is 9.10. The van der Waals surface area contributed by atoms with Gasteiger partial charge in [0, 0.05) is 7.92 Å². The van der Waals surface area contributed by atoms with Crippen molar-refractivity contribution in [3.05, 3.63) is 0 Å². The normalized spacial score (nSPS) is 22.1. The van der Waals surface area contributed by atoms with Crippen molar-refractivity contribution in [1.82, 2.24) is 0 Å². The van der Waals surface area contributed by atoms with Crippen LogP contribution in [0.5, 0.6) is 0 Å². The maximum atomic E-state index is 12.6. The molecule has 0 bridgehead atoms. The van der Waals surface area contributed by atoms with Gasteiger partial charge in [0.1, 0.15) is 0 Å². The van der Waals surface area contributed by atoms with Gasteiger partial charge in [0.15, 0.2) is 0 Å². The van der Waals surface area contributed by atoms with E-state index in [0.717, 1.165) is 12.8 Å². The van der Waals surface area contributed by atoms with Crippen LogP contribution in [0.4, 0.5) is 4.79 Å². The van der Waals surface area contributed by atoms with Crippen molar-refractivity contribution < 1.29 is 9.53 Å². The number of carbonyl (C=O) groups excluding carboxylic acids is 1. The monoisotopic (exact) mass is 298 g/mol. The minimum Gasteiger partial charge on any atom is -0.463 e. The third-order valence-corrected chi connectivity index (χ3v) is 8.03. The van der Waals surface area contributed by atoms with E-state index in [1.807, 2.05) is 0 Å². The molecule has 0 amide bonds. The first-order chi connectivity index (χ1) is 9.83. The Bertz CT molecular complexity index is 263. The minimum atomic E-state index is -0.536. The lowest BCUT2D eigenvalue weighted by molar-refractivity contribution is 0.171. The van der Waals surface area contributed by atoms with Crippen molar-refractivity contribution in [1.29, 1.82) is 0 Å². The van der Waals surface area contributed by atoms with Crippen LogP contribution < -0.4 is 0 Å². The van der Waals surface area contributed by atoms with Crippen molar-refractivity contribution in [2.75, 3.05) is 6.61 Å². The highest BCUT2D eigenvalue weighted by molar-refractivity contribution is 7.75. The van der Waals surface area contributed by atoms with E-state index in [2.05, 4.69) is 6.92 Å². The Kier molecular flexibility index (Phi) is 7.35. The maximum absolute atomic E-state index is 12.6. The fourth-order valence-corrected chi connectivity index (χ4v) is 6.97. The first-order valence-electron chi connectivity index (χ1n) is 8.78. The number of carbonyl (C=O) groups is 1.